The molecule has 4 N–H and O–H groups in total. The Kier molecular flexibility index (Phi) is 3.85. The highest BCUT2D eigenvalue weighted by molar-refractivity contribution is 5.94. The molecule has 5 heteroatoms. The first-order valence-corrected chi connectivity index (χ1v) is 6.38. The van der Waals surface area contributed by atoms with Gasteiger partial charge in [-0.15, -0.1) is 0 Å². The van der Waals surface area contributed by atoms with Crippen LogP contribution < -0.4 is 11.1 Å². The van der Waals surface area contributed by atoms with E-state index in [0.717, 1.165) is 12.0 Å². The van der Waals surface area contributed by atoms with Gasteiger partial charge in [0.25, 0.3) is 5.91 Å². The number of hydrogen-bond acceptors (Lipinski definition) is 3. The van der Waals surface area contributed by atoms with Gasteiger partial charge in [-0.25, -0.2) is 0 Å². The van der Waals surface area contributed by atoms with Crippen molar-refractivity contribution >= 4 is 11.9 Å². The molecule has 0 aromatic heterocycles. The summed E-state index contributed by atoms with van der Waals surface area (Å²) < 4.78 is 0. The molecule has 0 aliphatic heterocycles. The Morgan fingerprint density at radius 3 is 2.37 bits per heavy atom. The molecule has 2 rings (SSSR count). The predicted molar refractivity (Wildman–Crippen MR) is 70.8 cm³/mol. The molecule has 1 aromatic rings. The summed E-state index contributed by atoms with van der Waals surface area (Å²) in [4.78, 5) is 22.9. The van der Waals surface area contributed by atoms with Crippen LogP contribution >= 0.6 is 0 Å². The highest BCUT2D eigenvalue weighted by Gasteiger charge is 2.50. The highest BCUT2D eigenvalue weighted by atomic mass is 16.4. The Labute approximate surface area is 111 Å². The van der Waals surface area contributed by atoms with Gasteiger partial charge in [0, 0.05) is 12.1 Å². The van der Waals surface area contributed by atoms with Crippen molar-refractivity contribution in [2.75, 3.05) is 13.1 Å². The molecule has 0 radical (unpaired) electrons. The second-order valence-electron chi connectivity index (χ2n) is 5.00. The van der Waals surface area contributed by atoms with E-state index in [1.165, 1.54) is 0 Å². The quantitative estimate of drug-likeness (QED) is 0.706. The average molecular weight is 262 g/mol. The van der Waals surface area contributed by atoms with Crippen molar-refractivity contribution in [1.29, 1.82) is 0 Å². The summed E-state index contributed by atoms with van der Waals surface area (Å²) in [6.45, 7) is 0.776. The van der Waals surface area contributed by atoms with Gasteiger partial charge in [0.15, 0.2) is 0 Å². The first-order valence-electron chi connectivity index (χ1n) is 6.38. The van der Waals surface area contributed by atoms with Crippen molar-refractivity contribution in [3.8, 4) is 0 Å². The number of carbonyl (C=O) groups is 2. The number of rotatable bonds is 6. The molecule has 1 aliphatic carbocycles. The number of hydrogen-bond donors (Lipinski definition) is 3. The number of nitrogens with one attached hydrogen (secondary N) is 1. The largest absolute Gasteiger partial charge is 0.481 e. The van der Waals surface area contributed by atoms with E-state index in [0.29, 0.717) is 24.9 Å². The number of carboxylic acid groups (broad SMARTS) is 1. The Balaban J connectivity index is 1.91. The van der Waals surface area contributed by atoms with E-state index in [1.807, 2.05) is 12.1 Å². The maximum Gasteiger partial charge on any atom is 0.311 e. The molecule has 0 heterocycles. The van der Waals surface area contributed by atoms with Crippen LogP contribution in [0.15, 0.2) is 24.3 Å². The average Bonchev–Trinajstić information content (AvgIpc) is 3.18. The van der Waals surface area contributed by atoms with E-state index < -0.39 is 11.4 Å². The van der Waals surface area contributed by atoms with Gasteiger partial charge in [0.05, 0.1) is 5.41 Å². The molecule has 0 atom stereocenters. The first-order chi connectivity index (χ1) is 9.07. The molecule has 0 saturated heterocycles. The third-order valence-electron chi connectivity index (χ3n) is 3.54. The fourth-order valence-corrected chi connectivity index (χ4v) is 1.96. The molecule has 19 heavy (non-hydrogen) atoms. The van der Waals surface area contributed by atoms with Crippen molar-refractivity contribution in [2.45, 2.75) is 19.3 Å². The number of nitrogens with two attached hydrogens (primary N) is 1. The van der Waals surface area contributed by atoms with Crippen LogP contribution in [0.2, 0.25) is 0 Å². The Hall–Kier alpha value is -1.88. The SMILES string of the molecule is NCCc1ccc(C(=O)NCC2(C(=O)O)CC2)cc1. The van der Waals surface area contributed by atoms with Gasteiger partial charge < -0.3 is 16.2 Å². The fraction of sp³-hybridized carbons (Fsp3) is 0.429. The molecule has 0 unspecified atom stereocenters. The second kappa shape index (κ2) is 5.40. The summed E-state index contributed by atoms with van der Waals surface area (Å²) in [6.07, 6.45) is 2.06. The number of aliphatic carboxylic acids is 1. The van der Waals surface area contributed by atoms with Crippen molar-refractivity contribution in [2.24, 2.45) is 11.1 Å². The van der Waals surface area contributed by atoms with Crippen molar-refractivity contribution < 1.29 is 14.7 Å². The molecule has 1 amide bonds. The van der Waals surface area contributed by atoms with Gasteiger partial charge in [0.1, 0.15) is 0 Å². The van der Waals surface area contributed by atoms with Crippen LogP contribution in [0.1, 0.15) is 28.8 Å². The lowest BCUT2D eigenvalue weighted by Crippen LogP contribution is -2.34. The van der Waals surface area contributed by atoms with Gasteiger partial charge in [-0.3, -0.25) is 9.59 Å². The fourth-order valence-electron chi connectivity index (χ4n) is 1.96. The lowest BCUT2D eigenvalue weighted by atomic mass is 10.1. The van der Waals surface area contributed by atoms with E-state index in [1.54, 1.807) is 12.1 Å². The maximum absolute atomic E-state index is 11.9. The van der Waals surface area contributed by atoms with Gasteiger partial charge >= 0.3 is 5.97 Å². The lowest BCUT2D eigenvalue weighted by Gasteiger charge is -2.11. The van der Waals surface area contributed by atoms with Crippen LogP contribution in [0.4, 0.5) is 0 Å². The van der Waals surface area contributed by atoms with E-state index in [2.05, 4.69) is 5.32 Å². The third-order valence-corrected chi connectivity index (χ3v) is 3.54. The summed E-state index contributed by atoms with van der Waals surface area (Å²) in [6, 6.07) is 7.21. The number of amides is 1. The number of benzene rings is 1. The summed E-state index contributed by atoms with van der Waals surface area (Å²) in [5.74, 6) is -1.06. The highest BCUT2D eigenvalue weighted by Crippen LogP contribution is 2.45. The second-order valence-corrected chi connectivity index (χ2v) is 5.00. The van der Waals surface area contributed by atoms with Crippen LogP contribution in [-0.2, 0) is 11.2 Å². The Bertz CT molecular complexity index is 478. The van der Waals surface area contributed by atoms with Crippen LogP contribution in [0, 0.1) is 5.41 Å². The van der Waals surface area contributed by atoms with E-state index in [4.69, 9.17) is 10.8 Å². The molecule has 1 fully saturated rings. The number of carboxylic acids is 1. The van der Waals surface area contributed by atoms with Crippen molar-refractivity contribution in [3.05, 3.63) is 35.4 Å². The van der Waals surface area contributed by atoms with Crippen LogP contribution in [-0.4, -0.2) is 30.1 Å². The van der Waals surface area contributed by atoms with Crippen molar-refractivity contribution in [3.63, 3.8) is 0 Å². The van der Waals surface area contributed by atoms with E-state index in [-0.39, 0.29) is 12.5 Å². The predicted octanol–water partition coefficient (Wildman–Crippen LogP) is 0.782. The van der Waals surface area contributed by atoms with Gasteiger partial charge in [-0.1, -0.05) is 12.1 Å². The molecular formula is C14H18N2O3. The Morgan fingerprint density at radius 1 is 1.26 bits per heavy atom. The summed E-state index contributed by atoms with van der Waals surface area (Å²) in [7, 11) is 0. The minimum Gasteiger partial charge on any atom is -0.481 e. The normalized spacial score (nSPS) is 15.8. The van der Waals surface area contributed by atoms with Gasteiger partial charge in [0.2, 0.25) is 0 Å². The molecule has 1 saturated carbocycles. The monoisotopic (exact) mass is 262 g/mol. The van der Waals surface area contributed by atoms with Crippen molar-refractivity contribution in [1.82, 2.24) is 5.32 Å². The first kappa shape index (κ1) is 13.5. The zero-order chi connectivity index (χ0) is 13.9. The van der Waals surface area contributed by atoms with Crippen LogP contribution in [0.5, 0.6) is 0 Å². The summed E-state index contributed by atoms with van der Waals surface area (Å²) >= 11 is 0. The molecule has 1 aromatic carbocycles. The van der Waals surface area contributed by atoms with E-state index >= 15 is 0 Å². The third kappa shape index (κ3) is 3.12. The molecule has 0 spiro atoms. The molecule has 5 nitrogen and oxygen atoms in total. The van der Waals surface area contributed by atoms with Crippen LogP contribution in [0.3, 0.4) is 0 Å². The van der Waals surface area contributed by atoms with Crippen LogP contribution in [0.25, 0.3) is 0 Å². The zero-order valence-corrected chi connectivity index (χ0v) is 10.7. The molecular weight excluding hydrogens is 244 g/mol. The molecule has 1 aliphatic rings. The number of carbonyl (C=O) groups excluding carboxylic acids is 1. The van der Waals surface area contributed by atoms with E-state index in [9.17, 15) is 9.59 Å². The summed E-state index contributed by atoms with van der Waals surface area (Å²) in [5, 5.41) is 11.7. The smallest absolute Gasteiger partial charge is 0.311 e. The molecule has 0 bridgehead atoms. The maximum atomic E-state index is 11.9. The minimum atomic E-state index is -0.828. The minimum absolute atomic E-state index is 0.200. The lowest BCUT2D eigenvalue weighted by molar-refractivity contribution is -0.143. The summed E-state index contributed by atoms with van der Waals surface area (Å²) in [5.41, 5.74) is 6.36. The van der Waals surface area contributed by atoms with Gasteiger partial charge in [-0.05, 0) is 43.5 Å². The topological polar surface area (TPSA) is 92.4 Å². The Morgan fingerprint density at radius 2 is 1.89 bits per heavy atom. The van der Waals surface area contributed by atoms with Gasteiger partial charge in [-0.2, -0.15) is 0 Å². The standard InChI is InChI=1S/C14H18N2O3/c15-8-5-10-1-3-11(4-2-10)12(17)16-9-14(6-7-14)13(18)19/h1-4H,5-9,15H2,(H,16,17)(H,18,19). The zero-order valence-electron chi connectivity index (χ0n) is 10.7. The molecule has 102 valence electrons.